The average molecular weight is 496 g/mol. The first-order valence-corrected chi connectivity index (χ1v) is 13.7. The van der Waals surface area contributed by atoms with Gasteiger partial charge in [-0.3, -0.25) is 4.79 Å². The van der Waals surface area contributed by atoms with Gasteiger partial charge in [0, 0.05) is 23.8 Å². The third-order valence-corrected chi connectivity index (χ3v) is 8.14. The van der Waals surface area contributed by atoms with Gasteiger partial charge in [0.25, 0.3) is 0 Å². The number of Topliss-reactive ketones (excluding diaryl/α,β-unsaturated/α-hetero) is 1. The normalized spacial score (nSPS) is 24.4. The topological polar surface area (TPSA) is 67.8 Å². The highest BCUT2D eigenvalue weighted by Gasteiger charge is 2.41. The van der Waals surface area contributed by atoms with Gasteiger partial charge < -0.3 is 14.7 Å². The quantitative estimate of drug-likeness (QED) is 0.348. The molecule has 0 aromatic heterocycles. The summed E-state index contributed by atoms with van der Waals surface area (Å²) in [7, 11) is 0. The van der Waals surface area contributed by atoms with Gasteiger partial charge in [0.2, 0.25) is 0 Å². The molecule has 0 spiro atoms. The Bertz CT molecular complexity index is 809. The smallest absolute Gasteiger partial charge is 0.164 e. The van der Waals surface area contributed by atoms with E-state index in [0.717, 1.165) is 24.3 Å². The van der Waals surface area contributed by atoms with Crippen LogP contribution < -0.4 is 10.2 Å². The Balaban J connectivity index is 1.56. The van der Waals surface area contributed by atoms with Crippen LogP contribution in [0.2, 0.25) is 5.02 Å². The molecule has 0 radical (unpaired) electrons. The van der Waals surface area contributed by atoms with Gasteiger partial charge >= 0.3 is 0 Å². The Morgan fingerprint density at radius 3 is 2.64 bits per heavy atom. The second-order valence-electron chi connectivity index (χ2n) is 9.76. The molecule has 4 atom stereocenters. The van der Waals surface area contributed by atoms with Gasteiger partial charge in [-0.1, -0.05) is 31.9 Å². The van der Waals surface area contributed by atoms with Crippen LogP contribution in [0.25, 0.3) is 0 Å². The van der Waals surface area contributed by atoms with Gasteiger partial charge in [0.15, 0.2) is 5.78 Å². The molecule has 0 saturated carbocycles. The maximum absolute atomic E-state index is 13.2. The highest BCUT2D eigenvalue weighted by molar-refractivity contribution is 7.99. The number of thioether (sulfide) groups is 1. The predicted octanol–water partition coefficient (Wildman–Crippen LogP) is 6.37. The van der Waals surface area contributed by atoms with Crippen molar-refractivity contribution in [3.8, 4) is 5.75 Å². The lowest BCUT2D eigenvalue weighted by Crippen LogP contribution is -2.49. The first-order chi connectivity index (χ1) is 15.8. The number of aliphatic hydroxyl groups is 1. The molecule has 0 bridgehead atoms. The van der Waals surface area contributed by atoms with Crippen LogP contribution in [0.3, 0.4) is 0 Å². The standard InChI is InChI=1S/C26H38ClNO4S/c1-4-11-26(3,28-32-16-18(2)15-31-22-9-7-21(27)8-10-22)25-23(29)13-20(14-24(25)30)19-6-5-12-33-17-19/h7-10,18-20,28-29H,4-6,11-17H2,1-3H3. The summed E-state index contributed by atoms with van der Waals surface area (Å²) >= 11 is 7.89. The number of carbonyl (C=O) groups is 1. The number of nitrogens with one attached hydrogen (secondary N) is 1. The van der Waals surface area contributed by atoms with Crippen LogP contribution >= 0.6 is 23.4 Å². The number of aliphatic hydroxyl groups excluding tert-OH is 1. The number of allylic oxidation sites excluding steroid dienone is 1. The van der Waals surface area contributed by atoms with Gasteiger partial charge in [-0.25, -0.2) is 0 Å². The predicted molar refractivity (Wildman–Crippen MR) is 136 cm³/mol. The maximum Gasteiger partial charge on any atom is 0.164 e. The molecule has 1 aromatic rings. The summed E-state index contributed by atoms with van der Waals surface area (Å²) in [6, 6.07) is 7.29. The molecule has 184 valence electrons. The van der Waals surface area contributed by atoms with E-state index < -0.39 is 5.54 Å². The molecule has 7 heteroatoms. The van der Waals surface area contributed by atoms with Crippen molar-refractivity contribution in [3.05, 3.63) is 40.6 Å². The van der Waals surface area contributed by atoms with Crippen molar-refractivity contribution in [1.82, 2.24) is 5.48 Å². The minimum atomic E-state index is -0.709. The Morgan fingerprint density at radius 1 is 1.24 bits per heavy atom. The molecule has 1 saturated heterocycles. The molecule has 33 heavy (non-hydrogen) atoms. The van der Waals surface area contributed by atoms with Crippen molar-refractivity contribution in [2.24, 2.45) is 17.8 Å². The van der Waals surface area contributed by atoms with E-state index in [1.165, 1.54) is 12.2 Å². The molecule has 4 unspecified atom stereocenters. The summed E-state index contributed by atoms with van der Waals surface area (Å²) in [5.74, 6) is 4.31. The molecule has 1 aromatic carbocycles. The van der Waals surface area contributed by atoms with Gasteiger partial charge in [-0.15, -0.1) is 0 Å². The fourth-order valence-corrected chi connectivity index (χ4v) is 6.31. The number of ether oxygens (including phenoxy) is 1. The Morgan fingerprint density at radius 2 is 2.00 bits per heavy atom. The van der Waals surface area contributed by atoms with Crippen LogP contribution in [-0.4, -0.2) is 41.1 Å². The zero-order valence-corrected chi connectivity index (χ0v) is 21.6. The zero-order valence-electron chi connectivity index (χ0n) is 20.1. The molecule has 5 nitrogen and oxygen atoms in total. The first-order valence-electron chi connectivity index (χ1n) is 12.1. The van der Waals surface area contributed by atoms with Crippen molar-refractivity contribution in [2.75, 3.05) is 24.7 Å². The third kappa shape index (κ3) is 7.38. The van der Waals surface area contributed by atoms with Gasteiger partial charge in [-0.2, -0.15) is 17.2 Å². The molecule has 0 amide bonds. The number of hydroxylamine groups is 1. The molecule has 1 aliphatic heterocycles. The molecule has 1 heterocycles. The largest absolute Gasteiger partial charge is 0.512 e. The van der Waals surface area contributed by atoms with Gasteiger partial charge in [-0.05, 0) is 73.8 Å². The highest BCUT2D eigenvalue weighted by atomic mass is 35.5. The summed E-state index contributed by atoms with van der Waals surface area (Å²) in [5.41, 5.74) is 2.94. The first kappa shape index (κ1) is 26.4. The molecule has 3 rings (SSSR count). The number of benzene rings is 1. The van der Waals surface area contributed by atoms with Crippen molar-refractivity contribution >= 4 is 29.1 Å². The number of ketones is 1. The van der Waals surface area contributed by atoms with E-state index in [1.807, 2.05) is 37.7 Å². The molecule has 1 aliphatic carbocycles. The Hall–Kier alpha value is -1.21. The third-order valence-electron chi connectivity index (χ3n) is 6.65. The van der Waals surface area contributed by atoms with E-state index in [9.17, 15) is 9.90 Å². The lowest BCUT2D eigenvalue weighted by atomic mass is 9.72. The van der Waals surface area contributed by atoms with Crippen molar-refractivity contribution < 1.29 is 19.5 Å². The highest BCUT2D eigenvalue weighted by Crippen LogP contribution is 2.40. The van der Waals surface area contributed by atoms with E-state index in [1.54, 1.807) is 12.1 Å². The minimum absolute atomic E-state index is 0.0606. The summed E-state index contributed by atoms with van der Waals surface area (Å²) in [5, 5.41) is 11.6. The number of hydrogen-bond donors (Lipinski definition) is 2. The Kier molecular flexibility index (Phi) is 9.98. The van der Waals surface area contributed by atoms with Crippen LogP contribution in [0.15, 0.2) is 35.6 Å². The summed E-state index contributed by atoms with van der Waals surface area (Å²) in [4.78, 5) is 19.1. The lowest BCUT2D eigenvalue weighted by molar-refractivity contribution is -0.120. The van der Waals surface area contributed by atoms with Gasteiger partial charge in [0.05, 0.1) is 24.3 Å². The molecular weight excluding hydrogens is 458 g/mol. The fourth-order valence-electron chi connectivity index (χ4n) is 4.91. The van der Waals surface area contributed by atoms with Crippen molar-refractivity contribution in [3.63, 3.8) is 0 Å². The second kappa shape index (κ2) is 12.5. The van der Waals surface area contributed by atoms with E-state index in [-0.39, 0.29) is 23.4 Å². The number of halogens is 1. The minimum Gasteiger partial charge on any atom is -0.512 e. The van der Waals surface area contributed by atoms with Crippen molar-refractivity contribution in [1.29, 1.82) is 0 Å². The van der Waals surface area contributed by atoms with Crippen LogP contribution in [-0.2, 0) is 9.63 Å². The molecule has 2 N–H and O–H groups in total. The molecule has 2 aliphatic rings. The summed E-state index contributed by atoms with van der Waals surface area (Å²) in [6.07, 6.45) is 5.07. The second-order valence-corrected chi connectivity index (χ2v) is 11.3. The van der Waals surface area contributed by atoms with Crippen LogP contribution in [0.4, 0.5) is 0 Å². The maximum atomic E-state index is 13.2. The number of carbonyl (C=O) groups excluding carboxylic acids is 1. The fraction of sp³-hybridized carbons (Fsp3) is 0.654. The van der Waals surface area contributed by atoms with Crippen LogP contribution in [0, 0.1) is 17.8 Å². The number of rotatable bonds is 11. The summed E-state index contributed by atoms with van der Waals surface area (Å²) < 4.78 is 5.80. The summed E-state index contributed by atoms with van der Waals surface area (Å²) in [6.45, 7) is 7.02. The molecular formula is C26H38ClNO4S. The van der Waals surface area contributed by atoms with Crippen LogP contribution in [0.5, 0.6) is 5.75 Å². The van der Waals surface area contributed by atoms with Crippen LogP contribution in [0.1, 0.15) is 59.3 Å². The zero-order chi connectivity index (χ0) is 23.8. The van der Waals surface area contributed by atoms with E-state index in [2.05, 4.69) is 12.4 Å². The monoisotopic (exact) mass is 495 g/mol. The number of hydrogen-bond acceptors (Lipinski definition) is 6. The van der Waals surface area contributed by atoms with Crippen molar-refractivity contribution in [2.45, 2.75) is 64.8 Å². The van der Waals surface area contributed by atoms with E-state index in [4.69, 9.17) is 21.2 Å². The van der Waals surface area contributed by atoms with E-state index in [0.29, 0.717) is 49.0 Å². The lowest BCUT2D eigenvalue weighted by Gasteiger charge is -2.38. The van der Waals surface area contributed by atoms with Gasteiger partial charge in [0.1, 0.15) is 11.5 Å². The average Bonchev–Trinajstić information content (AvgIpc) is 2.79. The van der Waals surface area contributed by atoms with E-state index >= 15 is 0 Å². The Labute approximate surface area is 207 Å². The SMILES string of the molecule is CCCC(C)(NOCC(C)COc1ccc(Cl)cc1)C1=C(O)CC(C2CCCSC2)CC1=O. The molecule has 1 fully saturated rings.